The van der Waals surface area contributed by atoms with Gasteiger partial charge in [-0.1, -0.05) is 13.8 Å². The van der Waals surface area contributed by atoms with Gasteiger partial charge in [0.1, 0.15) is 18.8 Å². The van der Waals surface area contributed by atoms with Gasteiger partial charge in [-0.3, -0.25) is 24.0 Å². The molecule has 0 aromatic carbocycles. The summed E-state index contributed by atoms with van der Waals surface area (Å²) in [5, 5.41) is 36.0. The van der Waals surface area contributed by atoms with Gasteiger partial charge in [-0.25, -0.2) is 9.59 Å². The molecule has 3 aliphatic rings. The maximum absolute atomic E-state index is 13.7. The molecule has 2 aliphatic carbocycles. The van der Waals surface area contributed by atoms with Crippen molar-refractivity contribution in [2.24, 2.45) is 16.7 Å². The van der Waals surface area contributed by atoms with Crippen LogP contribution in [0.3, 0.4) is 0 Å². The largest absolute Gasteiger partial charge is 0.479 e. The zero-order chi connectivity index (χ0) is 42.0. The van der Waals surface area contributed by atoms with Crippen LogP contribution in [0.1, 0.15) is 92.2 Å². The van der Waals surface area contributed by atoms with Crippen LogP contribution in [-0.2, 0) is 71.5 Å². The van der Waals surface area contributed by atoms with Crippen molar-refractivity contribution in [3.8, 4) is 0 Å². The fourth-order valence-electron chi connectivity index (χ4n) is 8.95. The first-order valence-corrected chi connectivity index (χ1v) is 18.0. The number of aliphatic hydroxyl groups is 2. The Hall–Kier alpha value is -4.59. The van der Waals surface area contributed by atoms with E-state index in [-0.39, 0.29) is 25.7 Å². The molecular weight excluding hydrogens is 748 g/mol. The molecule has 19 heteroatoms. The predicted octanol–water partition coefficient (Wildman–Crippen LogP) is 1.68. The Labute approximate surface area is 322 Å². The van der Waals surface area contributed by atoms with E-state index in [1.807, 2.05) is 0 Å². The number of carbonyl (C=O) groups is 7. The van der Waals surface area contributed by atoms with Gasteiger partial charge in [0, 0.05) is 57.4 Å². The fraction of sp³-hybridized carbons (Fsp3) is 0.703. The number of rotatable bonds is 13. The monoisotopic (exact) mass is 798 g/mol. The number of ether oxygens (including phenoxy) is 8. The van der Waals surface area contributed by atoms with Crippen molar-refractivity contribution < 1.29 is 91.2 Å². The number of hydrogen-bond acceptors (Lipinski definition) is 18. The molecule has 312 valence electrons. The van der Waals surface area contributed by atoms with E-state index in [0.717, 1.165) is 41.7 Å². The second-order valence-electron chi connectivity index (χ2n) is 14.9. The van der Waals surface area contributed by atoms with Crippen LogP contribution in [0, 0.1) is 16.7 Å². The van der Waals surface area contributed by atoms with Gasteiger partial charge in [0.15, 0.2) is 35.8 Å². The summed E-state index contributed by atoms with van der Waals surface area (Å²) >= 11 is 0. The molecule has 3 fully saturated rings. The maximum atomic E-state index is 13.7. The normalized spacial score (nSPS) is 35.8. The molecule has 2 saturated carbocycles. The van der Waals surface area contributed by atoms with Crippen LogP contribution in [0.4, 0.5) is 0 Å². The Bertz CT molecular complexity index is 1660. The molecule has 1 aliphatic heterocycles. The zero-order valence-electron chi connectivity index (χ0n) is 32.5. The molecule has 19 nitrogen and oxygen atoms in total. The van der Waals surface area contributed by atoms with E-state index >= 15 is 0 Å². The van der Waals surface area contributed by atoms with E-state index in [4.69, 9.17) is 42.3 Å². The van der Waals surface area contributed by atoms with Gasteiger partial charge in [-0.2, -0.15) is 0 Å². The van der Waals surface area contributed by atoms with E-state index in [1.165, 1.54) is 32.4 Å². The number of methoxy groups -OCH3 is 1. The molecule has 12 atom stereocenters. The summed E-state index contributed by atoms with van der Waals surface area (Å²) in [7, 11) is 1.05. The van der Waals surface area contributed by atoms with Gasteiger partial charge in [0.05, 0.1) is 25.7 Å². The minimum absolute atomic E-state index is 0.0957. The minimum Gasteiger partial charge on any atom is -0.479 e. The lowest BCUT2D eigenvalue weighted by molar-refractivity contribution is -0.356. The highest BCUT2D eigenvalue weighted by Crippen LogP contribution is 2.67. The number of esters is 6. The summed E-state index contributed by atoms with van der Waals surface area (Å²) in [6.45, 7) is 7.61. The first-order valence-electron chi connectivity index (χ1n) is 18.0. The zero-order valence-corrected chi connectivity index (χ0v) is 32.5. The van der Waals surface area contributed by atoms with E-state index in [9.17, 15) is 48.9 Å². The molecule has 1 saturated heterocycles. The molecule has 1 aromatic rings. The van der Waals surface area contributed by atoms with Crippen molar-refractivity contribution in [3.05, 3.63) is 24.2 Å². The standard InChI is InChI=1S/C37H50O19/c1-18(38)50-17-25-28(52-20(3)40)29(53-21(4)41)30(54-22(5)42)31(55-25)56-27-15-37(47,32(43)44)34(6,14-24(51-19(2)39)23-11-13-49-16-23)26-10-9-12-36(46,33(45)48-8)35(26,27)7/h11,13,16,24-31,46-47H,9-10,12,14-15,17H2,1-8H3,(H,43,44)/t24-,25+,26-,27-,28+,29-,30+,31-,34-,35-,36-,37+/m0/s1. The third-order valence-corrected chi connectivity index (χ3v) is 11.5. The van der Waals surface area contributed by atoms with Crippen LogP contribution in [0.5, 0.6) is 0 Å². The van der Waals surface area contributed by atoms with E-state index in [1.54, 1.807) is 0 Å². The number of carboxylic acid groups (broad SMARTS) is 1. The highest BCUT2D eigenvalue weighted by Gasteiger charge is 2.75. The Morgan fingerprint density at radius 3 is 1.98 bits per heavy atom. The van der Waals surface area contributed by atoms with Crippen molar-refractivity contribution >= 4 is 41.8 Å². The van der Waals surface area contributed by atoms with Gasteiger partial charge in [0.2, 0.25) is 0 Å². The molecule has 0 spiro atoms. The van der Waals surface area contributed by atoms with Gasteiger partial charge in [-0.05, 0) is 37.7 Å². The summed E-state index contributed by atoms with van der Waals surface area (Å²) in [5.41, 5.74) is -8.57. The number of carboxylic acids is 1. The topological polar surface area (TPSA) is 267 Å². The van der Waals surface area contributed by atoms with Crippen molar-refractivity contribution in [3.63, 3.8) is 0 Å². The summed E-state index contributed by atoms with van der Waals surface area (Å²) < 4.78 is 50.3. The second kappa shape index (κ2) is 16.9. The number of furan rings is 1. The van der Waals surface area contributed by atoms with Crippen LogP contribution in [0.25, 0.3) is 0 Å². The molecule has 0 bridgehead atoms. The molecule has 3 N–H and O–H groups in total. The Morgan fingerprint density at radius 2 is 1.46 bits per heavy atom. The molecular formula is C37H50O19. The quantitative estimate of drug-likeness (QED) is 0.189. The summed E-state index contributed by atoms with van der Waals surface area (Å²) in [5.74, 6) is -8.24. The molecule has 0 unspecified atom stereocenters. The van der Waals surface area contributed by atoms with Gasteiger partial charge >= 0.3 is 41.8 Å². The molecule has 4 rings (SSSR count). The lowest BCUT2D eigenvalue weighted by Gasteiger charge is -2.66. The van der Waals surface area contributed by atoms with Gasteiger partial charge in [0.25, 0.3) is 0 Å². The smallest absolute Gasteiger partial charge is 0.338 e. The Balaban J connectivity index is 1.95. The summed E-state index contributed by atoms with van der Waals surface area (Å²) in [6.07, 6.45) is -9.80. The highest BCUT2D eigenvalue weighted by atomic mass is 16.7. The molecule has 0 radical (unpaired) electrons. The van der Waals surface area contributed by atoms with Gasteiger partial charge in [-0.15, -0.1) is 0 Å². The molecule has 1 aromatic heterocycles. The van der Waals surface area contributed by atoms with Crippen LogP contribution in [-0.4, -0.2) is 119 Å². The van der Waals surface area contributed by atoms with E-state index < -0.39 is 126 Å². The highest BCUT2D eigenvalue weighted by molar-refractivity contribution is 5.82. The van der Waals surface area contributed by atoms with E-state index in [0.29, 0.717) is 5.56 Å². The molecule has 56 heavy (non-hydrogen) atoms. The average molecular weight is 799 g/mol. The summed E-state index contributed by atoms with van der Waals surface area (Å²) in [4.78, 5) is 88.7. The Morgan fingerprint density at radius 1 is 0.857 bits per heavy atom. The van der Waals surface area contributed by atoms with Crippen LogP contribution >= 0.6 is 0 Å². The molecule has 0 amide bonds. The van der Waals surface area contributed by atoms with Crippen LogP contribution < -0.4 is 0 Å². The predicted molar refractivity (Wildman–Crippen MR) is 182 cm³/mol. The first-order chi connectivity index (χ1) is 26.0. The van der Waals surface area contributed by atoms with E-state index in [2.05, 4.69) is 0 Å². The fourth-order valence-corrected chi connectivity index (χ4v) is 8.95. The SMILES string of the molecule is COC(=O)[C@@]1(O)CCC[C@@H]2[C@@]1(C)[C@@H](O[C@@H]1O[C@H](COC(C)=O)[C@@H](OC(C)=O)[C@H](OC(C)=O)[C@H]1OC(C)=O)C[C@@](O)(C(=O)O)[C@@]2(C)C[C@H](OC(C)=O)c1ccoc1. The number of carbonyl (C=O) groups excluding carboxylic acids is 6. The van der Waals surface area contributed by atoms with Crippen LogP contribution in [0.15, 0.2) is 23.0 Å². The number of fused-ring (bicyclic) bond motifs is 1. The molecule has 2 heterocycles. The average Bonchev–Trinajstić information content (AvgIpc) is 3.64. The van der Waals surface area contributed by atoms with Crippen molar-refractivity contribution in [2.45, 2.75) is 135 Å². The lowest BCUT2D eigenvalue weighted by Crippen LogP contribution is -2.76. The third-order valence-electron chi connectivity index (χ3n) is 11.5. The van der Waals surface area contributed by atoms with Crippen molar-refractivity contribution in [1.29, 1.82) is 0 Å². The number of hydrogen-bond donors (Lipinski definition) is 3. The minimum atomic E-state index is -2.77. The first kappa shape index (κ1) is 44.1. The maximum Gasteiger partial charge on any atom is 0.338 e. The van der Waals surface area contributed by atoms with Crippen LogP contribution in [0.2, 0.25) is 0 Å². The Kier molecular flexibility index (Phi) is 13.3. The van der Waals surface area contributed by atoms with Gasteiger partial charge < -0.3 is 57.6 Å². The second-order valence-corrected chi connectivity index (χ2v) is 14.9. The summed E-state index contributed by atoms with van der Waals surface area (Å²) in [6, 6.07) is 1.50. The van der Waals surface area contributed by atoms with Crippen molar-refractivity contribution in [2.75, 3.05) is 13.7 Å². The number of aliphatic carboxylic acids is 1. The third kappa shape index (κ3) is 8.26. The lowest BCUT2D eigenvalue weighted by atomic mass is 9.40. The van der Waals surface area contributed by atoms with Crippen molar-refractivity contribution in [1.82, 2.24) is 0 Å².